The number of hydrogen-bond acceptors (Lipinski definition) is 1. The summed E-state index contributed by atoms with van der Waals surface area (Å²) in [6.45, 7) is 11.7. The van der Waals surface area contributed by atoms with Crippen LogP contribution in [0.3, 0.4) is 0 Å². The van der Waals surface area contributed by atoms with Crippen molar-refractivity contribution < 1.29 is 4.12 Å². The van der Waals surface area contributed by atoms with E-state index in [9.17, 15) is 0 Å². The van der Waals surface area contributed by atoms with Gasteiger partial charge < -0.3 is 4.12 Å². The minimum Gasteiger partial charge on any atom is -0.453 e. The predicted molar refractivity (Wildman–Crippen MR) is 116 cm³/mol. The first-order chi connectivity index (χ1) is 10.7. The molecule has 0 saturated heterocycles. The molecule has 0 aliphatic rings. The highest BCUT2D eigenvalue weighted by atomic mass is 35.7. The van der Waals surface area contributed by atoms with Gasteiger partial charge in [0.25, 0.3) is 0 Å². The molecule has 0 N–H and O–H groups in total. The summed E-state index contributed by atoms with van der Waals surface area (Å²) in [5, 5.41) is 0. The maximum atomic E-state index is 6.63. The van der Waals surface area contributed by atoms with Gasteiger partial charge in [0.2, 0.25) is 7.42 Å². The van der Waals surface area contributed by atoms with Gasteiger partial charge in [-0.1, -0.05) is 63.6 Å². The monoisotopic (exact) mass is 412 g/mol. The number of rotatable bonds is 14. The van der Waals surface area contributed by atoms with E-state index >= 15 is 0 Å². The third kappa shape index (κ3) is 16.2. The van der Waals surface area contributed by atoms with Gasteiger partial charge in [0.1, 0.15) is 0 Å². The molecule has 0 unspecified atom stereocenters. The molecule has 0 aromatic rings. The molecule has 0 saturated carbocycles. The van der Waals surface area contributed by atoms with Crippen molar-refractivity contribution in [1.29, 1.82) is 0 Å². The third-order valence-electron chi connectivity index (χ3n) is 3.98. The SMILES string of the molecule is CCCCC=C[Si](C)(C)O[Si](C)(C)CCCCCCC[SiH](Cl)Cl. The van der Waals surface area contributed by atoms with Gasteiger partial charge in [0.15, 0.2) is 16.6 Å². The van der Waals surface area contributed by atoms with Crippen LogP contribution in [0.5, 0.6) is 0 Å². The zero-order chi connectivity index (χ0) is 17.8. The van der Waals surface area contributed by atoms with Gasteiger partial charge in [-0.15, -0.1) is 0 Å². The van der Waals surface area contributed by atoms with E-state index in [1.165, 1.54) is 57.4 Å². The summed E-state index contributed by atoms with van der Waals surface area (Å²) < 4.78 is 6.63. The van der Waals surface area contributed by atoms with Gasteiger partial charge in [-0.05, 0) is 44.7 Å². The van der Waals surface area contributed by atoms with Gasteiger partial charge in [0, 0.05) is 0 Å². The van der Waals surface area contributed by atoms with Crippen molar-refractivity contribution in [2.75, 3.05) is 0 Å². The van der Waals surface area contributed by atoms with E-state index in [4.69, 9.17) is 26.3 Å². The highest BCUT2D eigenvalue weighted by Crippen LogP contribution is 2.23. The summed E-state index contributed by atoms with van der Waals surface area (Å²) in [4.78, 5) is 0. The fraction of sp³-hybridized carbons (Fsp3) is 0.882. The quantitative estimate of drug-likeness (QED) is 0.164. The Morgan fingerprint density at radius 2 is 1.52 bits per heavy atom. The Morgan fingerprint density at radius 1 is 0.913 bits per heavy atom. The Labute approximate surface area is 158 Å². The summed E-state index contributed by atoms with van der Waals surface area (Å²) in [5.74, 6) is 0. The van der Waals surface area contributed by atoms with Gasteiger partial charge in [-0.25, -0.2) is 0 Å². The molecule has 0 amide bonds. The van der Waals surface area contributed by atoms with Crippen LogP contribution >= 0.6 is 22.2 Å². The molecule has 0 aromatic heterocycles. The minimum absolute atomic E-state index is 1.07. The van der Waals surface area contributed by atoms with E-state index in [1.807, 2.05) is 0 Å². The predicted octanol–water partition coefficient (Wildman–Crippen LogP) is 7.35. The molecule has 138 valence electrons. The molecule has 0 fully saturated rings. The molecular weight excluding hydrogens is 375 g/mol. The van der Waals surface area contributed by atoms with Crippen LogP contribution in [-0.2, 0) is 4.12 Å². The van der Waals surface area contributed by atoms with Crippen molar-refractivity contribution in [1.82, 2.24) is 0 Å². The molecule has 0 spiro atoms. The zero-order valence-electron chi connectivity index (χ0n) is 16.0. The summed E-state index contributed by atoms with van der Waals surface area (Å²) in [7, 11) is -4.51. The Bertz CT molecular complexity index is 321. The molecule has 23 heavy (non-hydrogen) atoms. The molecule has 0 aliphatic heterocycles. The first kappa shape index (κ1) is 23.9. The second-order valence-corrected chi connectivity index (χ2v) is 21.3. The number of unbranched alkanes of at least 4 members (excludes halogenated alkanes) is 6. The van der Waals surface area contributed by atoms with Crippen LogP contribution in [0.15, 0.2) is 11.8 Å². The maximum absolute atomic E-state index is 6.63. The first-order valence-corrected chi connectivity index (χ1v) is 19.8. The lowest BCUT2D eigenvalue weighted by Crippen LogP contribution is -2.43. The summed E-state index contributed by atoms with van der Waals surface area (Å²) >= 11 is 11.8. The minimum atomic E-state index is -1.63. The molecule has 0 radical (unpaired) electrons. The third-order valence-corrected chi connectivity index (χ3v) is 13.0. The van der Waals surface area contributed by atoms with E-state index in [1.54, 1.807) is 0 Å². The lowest BCUT2D eigenvalue weighted by Gasteiger charge is -2.32. The van der Waals surface area contributed by atoms with E-state index in [0.717, 1.165) is 6.04 Å². The van der Waals surface area contributed by atoms with E-state index in [-0.39, 0.29) is 0 Å². The van der Waals surface area contributed by atoms with Crippen molar-refractivity contribution in [2.24, 2.45) is 0 Å². The maximum Gasteiger partial charge on any atom is 0.237 e. The van der Waals surface area contributed by atoms with Crippen molar-refractivity contribution >= 4 is 46.2 Å². The van der Waals surface area contributed by atoms with E-state index < -0.39 is 24.1 Å². The average Bonchev–Trinajstić information content (AvgIpc) is 2.41. The first-order valence-electron chi connectivity index (χ1n) is 9.34. The highest BCUT2D eigenvalue weighted by molar-refractivity contribution is 7.33. The molecule has 0 rings (SSSR count). The largest absolute Gasteiger partial charge is 0.453 e. The molecule has 0 aliphatic carbocycles. The van der Waals surface area contributed by atoms with Gasteiger partial charge in [-0.2, -0.15) is 22.2 Å². The van der Waals surface area contributed by atoms with Crippen molar-refractivity contribution in [2.45, 2.75) is 96.6 Å². The normalized spacial score (nSPS) is 13.4. The Kier molecular flexibility index (Phi) is 13.7. The van der Waals surface area contributed by atoms with Crippen molar-refractivity contribution in [3.05, 3.63) is 11.8 Å². The molecular formula is C17H38Cl2OSi3. The van der Waals surface area contributed by atoms with Crippen LogP contribution in [0.2, 0.25) is 38.3 Å². The second kappa shape index (κ2) is 13.2. The Balaban J connectivity index is 3.91. The van der Waals surface area contributed by atoms with Crippen LogP contribution in [0.4, 0.5) is 0 Å². The lowest BCUT2D eigenvalue weighted by molar-refractivity contribution is 0.542. The molecule has 0 atom stereocenters. The number of hydrogen-bond donors (Lipinski definition) is 0. The smallest absolute Gasteiger partial charge is 0.237 e. The fourth-order valence-electron chi connectivity index (χ4n) is 2.87. The highest BCUT2D eigenvalue weighted by Gasteiger charge is 2.30. The molecule has 6 heteroatoms. The lowest BCUT2D eigenvalue weighted by atomic mass is 10.2. The van der Waals surface area contributed by atoms with Crippen LogP contribution in [0, 0.1) is 0 Å². The van der Waals surface area contributed by atoms with Gasteiger partial charge in [0.05, 0.1) is 0 Å². The van der Waals surface area contributed by atoms with Gasteiger partial charge in [-0.3, -0.25) is 0 Å². The topological polar surface area (TPSA) is 9.23 Å². The molecule has 0 bridgehead atoms. The zero-order valence-corrected chi connectivity index (χ0v) is 20.6. The van der Waals surface area contributed by atoms with Crippen molar-refractivity contribution in [3.63, 3.8) is 0 Å². The van der Waals surface area contributed by atoms with E-state index in [0.29, 0.717) is 0 Å². The van der Waals surface area contributed by atoms with Crippen LogP contribution in [0.1, 0.15) is 58.3 Å². The second-order valence-electron chi connectivity index (χ2n) is 7.71. The number of halogens is 2. The summed E-state index contributed by atoms with van der Waals surface area (Å²) in [5.41, 5.74) is 2.40. The fourth-order valence-corrected chi connectivity index (χ4v) is 12.6. The van der Waals surface area contributed by atoms with Crippen LogP contribution in [0.25, 0.3) is 0 Å². The van der Waals surface area contributed by atoms with Crippen LogP contribution in [-0.4, -0.2) is 24.1 Å². The standard InChI is InChI=1S/C17H38Cl2OSi3/c1-6-7-8-13-16-22(2,3)20-23(4,5)17-14-11-9-10-12-15-21(18)19/h13,16,21H,6-12,14-15,17H2,1-5H3. The average molecular weight is 414 g/mol. The Morgan fingerprint density at radius 3 is 2.13 bits per heavy atom. The Hall–Kier alpha value is 0.931. The van der Waals surface area contributed by atoms with Gasteiger partial charge >= 0.3 is 0 Å². The summed E-state index contributed by atoms with van der Waals surface area (Å²) in [6, 6.07) is 2.35. The van der Waals surface area contributed by atoms with Crippen molar-refractivity contribution in [3.8, 4) is 0 Å². The molecule has 0 heterocycles. The van der Waals surface area contributed by atoms with Crippen LogP contribution < -0.4 is 0 Å². The molecule has 1 nitrogen and oxygen atoms in total. The summed E-state index contributed by atoms with van der Waals surface area (Å²) in [6.07, 6.45) is 12.6. The molecule has 0 aromatic carbocycles. The van der Waals surface area contributed by atoms with E-state index in [2.05, 4.69) is 44.9 Å². The number of allylic oxidation sites excluding steroid dienone is 1.